The number of aliphatic carboxylic acids is 1. The van der Waals surface area contributed by atoms with Crippen molar-refractivity contribution < 1.29 is 24.2 Å². The summed E-state index contributed by atoms with van der Waals surface area (Å²) in [5.74, 6) is -1.71. The molecule has 2 amide bonds. The molecule has 24 heavy (non-hydrogen) atoms. The van der Waals surface area contributed by atoms with E-state index < -0.39 is 24.4 Å². The Morgan fingerprint density at radius 1 is 1.29 bits per heavy atom. The van der Waals surface area contributed by atoms with Gasteiger partial charge in [-0.25, -0.2) is 4.79 Å². The van der Waals surface area contributed by atoms with Crippen LogP contribution in [0, 0.1) is 0 Å². The highest BCUT2D eigenvalue weighted by atomic mass is 79.9. The minimum Gasteiger partial charge on any atom is -0.481 e. The van der Waals surface area contributed by atoms with Crippen LogP contribution >= 0.6 is 28.1 Å². The van der Waals surface area contributed by atoms with Crippen LogP contribution < -0.4 is 4.74 Å². The summed E-state index contributed by atoms with van der Waals surface area (Å²) >= 11 is 8.29. The highest BCUT2D eigenvalue weighted by molar-refractivity contribution is 9.10. The lowest BCUT2D eigenvalue weighted by atomic mass is 10.1. The van der Waals surface area contributed by atoms with E-state index in [1.165, 1.54) is 30.0 Å². The zero-order chi connectivity index (χ0) is 18.0. The summed E-state index contributed by atoms with van der Waals surface area (Å²) in [6.45, 7) is -0.469. The molecule has 0 bridgehead atoms. The summed E-state index contributed by atoms with van der Waals surface area (Å²) in [4.78, 5) is 37.5. The topological polar surface area (TPSA) is 87.1 Å². The number of nitrogens with zero attached hydrogens (tertiary/aromatic N) is 2. The number of carbonyl (C=O) groups excluding carboxylic acids is 2. The monoisotopic (exact) mass is 412 g/mol. The van der Waals surface area contributed by atoms with Gasteiger partial charge in [0.1, 0.15) is 11.3 Å². The summed E-state index contributed by atoms with van der Waals surface area (Å²) in [7, 11) is 3.00. The molecule has 9 heteroatoms. The molecule has 0 saturated carbocycles. The molecule has 1 fully saturated rings. The van der Waals surface area contributed by atoms with Crippen molar-refractivity contribution >= 4 is 57.1 Å². The minimum atomic E-state index is -1.09. The first-order valence-electron chi connectivity index (χ1n) is 6.68. The molecular weight excluding hydrogens is 400 g/mol. The molecule has 0 aliphatic carbocycles. The van der Waals surface area contributed by atoms with E-state index in [1.807, 2.05) is 0 Å². The van der Waals surface area contributed by atoms with Gasteiger partial charge in [-0.05, 0) is 51.9 Å². The average Bonchev–Trinajstić information content (AvgIpc) is 2.54. The quantitative estimate of drug-likeness (QED) is 0.458. The van der Waals surface area contributed by atoms with E-state index in [0.717, 1.165) is 0 Å². The number of thiocarbonyl (C=S) groups is 1. The number of hydrogen-bond donors (Lipinski definition) is 1. The predicted octanol–water partition coefficient (Wildman–Crippen LogP) is 1.51. The van der Waals surface area contributed by atoms with Crippen molar-refractivity contribution in [2.75, 3.05) is 20.7 Å². The van der Waals surface area contributed by atoms with Crippen molar-refractivity contribution in [2.24, 2.45) is 0 Å². The van der Waals surface area contributed by atoms with Crippen molar-refractivity contribution in [1.82, 2.24) is 9.80 Å². The molecule has 0 radical (unpaired) electrons. The first kappa shape index (κ1) is 18.1. The Bertz CT molecular complexity index is 751. The van der Waals surface area contributed by atoms with Crippen LogP contribution in [-0.4, -0.2) is 58.5 Å². The fourth-order valence-corrected chi connectivity index (χ4v) is 2.68. The van der Waals surface area contributed by atoms with Crippen molar-refractivity contribution in [1.29, 1.82) is 0 Å². The lowest BCUT2D eigenvalue weighted by Crippen LogP contribution is -2.52. The number of carboxylic acids is 1. The van der Waals surface area contributed by atoms with Gasteiger partial charge in [0.15, 0.2) is 11.7 Å². The van der Waals surface area contributed by atoms with E-state index in [-0.39, 0.29) is 10.7 Å². The maximum Gasteiger partial charge on any atom is 0.341 e. The summed E-state index contributed by atoms with van der Waals surface area (Å²) < 4.78 is 5.60. The standard InChI is InChI=1S/C15H13BrN2O5S/c1-17-13(21)9(14(22)18(2)15(17)24)5-8-3-4-11(10(16)6-8)23-7-12(19)20/h3-6H,7H2,1-2H3,(H,19,20). The zero-order valence-electron chi connectivity index (χ0n) is 12.8. The number of ether oxygens (including phenoxy) is 1. The molecular formula is C15H13BrN2O5S. The molecule has 0 aromatic heterocycles. The van der Waals surface area contributed by atoms with Crippen molar-refractivity contribution in [2.45, 2.75) is 0 Å². The van der Waals surface area contributed by atoms with Gasteiger partial charge in [0.05, 0.1) is 4.47 Å². The number of likely N-dealkylation sites (N-methyl/N-ethyl adjacent to an activating group) is 2. The van der Waals surface area contributed by atoms with Crippen LogP contribution in [0.2, 0.25) is 0 Å². The van der Waals surface area contributed by atoms with Crippen LogP contribution in [0.25, 0.3) is 6.08 Å². The van der Waals surface area contributed by atoms with E-state index in [4.69, 9.17) is 22.1 Å². The molecule has 0 unspecified atom stereocenters. The second kappa shape index (κ2) is 7.10. The molecule has 1 N–H and O–H groups in total. The third-order valence-corrected chi connectivity index (χ3v) is 4.43. The van der Waals surface area contributed by atoms with Gasteiger partial charge in [-0.2, -0.15) is 0 Å². The number of halogens is 1. The molecule has 0 atom stereocenters. The lowest BCUT2D eigenvalue weighted by molar-refractivity contribution is -0.139. The summed E-state index contributed by atoms with van der Waals surface area (Å²) in [5, 5.41) is 8.76. The number of hydrogen-bond acceptors (Lipinski definition) is 5. The first-order chi connectivity index (χ1) is 11.2. The molecule has 1 heterocycles. The molecule has 1 aromatic rings. The third kappa shape index (κ3) is 3.62. The van der Waals surface area contributed by atoms with E-state index in [0.29, 0.717) is 15.8 Å². The molecule has 126 valence electrons. The van der Waals surface area contributed by atoms with Crippen LogP contribution in [-0.2, 0) is 14.4 Å². The van der Waals surface area contributed by atoms with Gasteiger partial charge >= 0.3 is 5.97 Å². The summed E-state index contributed by atoms with van der Waals surface area (Å²) in [6.07, 6.45) is 1.45. The first-order valence-corrected chi connectivity index (χ1v) is 7.88. The van der Waals surface area contributed by atoms with Crippen LogP contribution in [0.3, 0.4) is 0 Å². The highest BCUT2D eigenvalue weighted by Crippen LogP contribution is 2.27. The third-order valence-electron chi connectivity index (χ3n) is 3.26. The SMILES string of the molecule is CN1C(=O)C(=Cc2ccc(OCC(=O)O)c(Br)c2)C(=O)N(C)C1=S. The van der Waals surface area contributed by atoms with E-state index in [2.05, 4.69) is 15.9 Å². The Morgan fingerprint density at radius 3 is 2.38 bits per heavy atom. The smallest absolute Gasteiger partial charge is 0.341 e. The van der Waals surface area contributed by atoms with Gasteiger partial charge in [0, 0.05) is 14.1 Å². The van der Waals surface area contributed by atoms with Crippen LogP contribution in [0.5, 0.6) is 5.75 Å². The van der Waals surface area contributed by atoms with Gasteiger partial charge in [-0.3, -0.25) is 19.4 Å². The number of carbonyl (C=O) groups is 3. The van der Waals surface area contributed by atoms with Crippen molar-refractivity contribution in [3.8, 4) is 5.75 Å². The van der Waals surface area contributed by atoms with Crippen LogP contribution in [0.15, 0.2) is 28.2 Å². The molecule has 7 nitrogen and oxygen atoms in total. The zero-order valence-corrected chi connectivity index (χ0v) is 15.2. The second-order valence-corrected chi connectivity index (χ2v) is 6.16. The molecule has 1 saturated heterocycles. The Hall–Kier alpha value is -2.26. The minimum absolute atomic E-state index is 0.0142. The predicted molar refractivity (Wildman–Crippen MR) is 93.4 cm³/mol. The van der Waals surface area contributed by atoms with E-state index in [1.54, 1.807) is 18.2 Å². The largest absolute Gasteiger partial charge is 0.481 e. The number of rotatable bonds is 4. The highest BCUT2D eigenvalue weighted by Gasteiger charge is 2.35. The van der Waals surface area contributed by atoms with Gasteiger partial charge in [0.2, 0.25) is 0 Å². The van der Waals surface area contributed by atoms with E-state index in [9.17, 15) is 14.4 Å². The Kier molecular flexibility index (Phi) is 5.35. The van der Waals surface area contributed by atoms with Gasteiger partial charge in [-0.15, -0.1) is 0 Å². The fraction of sp³-hybridized carbons (Fsp3) is 0.200. The van der Waals surface area contributed by atoms with Crippen LogP contribution in [0.1, 0.15) is 5.56 Å². The maximum atomic E-state index is 12.2. The molecule has 1 aliphatic heterocycles. The fourth-order valence-electron chi connectivity index (χ4n) is 2.01. The Morgan fingerprint density at radius 2 is 1.88 bits per heavy atom. The summed E-state index contributed by atoms with van der Waals surface area (Å²) in [5.41, 5.74) is 0.565. The van der Waals surface area contributed by atoms with Gasteiger partial charge < -0.3 is 9.84 Å². The molecule has 2 rings (SSSR count). The number of amides is 2. The molecule has 1 aliphatic rings. The van der Waals surface area contributed by atoms with Crippen molar-refractivity contribution in [3.05, 3.63) is 33.8 Å². The van der Waals surface area contributed by atoms with Crippen molar-refractivity contribution in [3.63, 3.8) is 0 Å². The normalized spacial score (nSPS) is 15.0. The molecule has 0 spiro atoms. The second-order valence-electron chi connectivity index (χ2n) is 4.94. The molecule has 1 aromatic carbocycles. The Labute approximate surface area is 151 Å². The maximum absolute atomic E-state index is 12.2. The van der Waals surface area contributed by atoms with Gasteiger partial charge in [0.25, 0.3) is 11.8 Å². The van der Waals surface area contributed by atoms with Crippen LogP contribution in [0.4, 0.5) is 0 Å². The van der Waals surface area contributed by atoms with E-state index >= 15 is 0 Å². The summed E-state index contributed by atoms with van der Waals surface area (Å²) in [6, 6.07) is 4.79. The average molecular weight is 413 g/mol. The van der Waals surface area contributed by atoms with Gasteiger partial charge in [-0.1, -0.05) is 6.07 Å². The Balaban J connectivity index is 2.31. The number of benzene rings is 1. The lowest BCUT2D eigenvalue weighted by Gasteiger charge is -2.31. The number of carboxylic acid groups (broad SMARTS) is 1.